The van der Waals surface area contributed by atoms with Crippen LogP contribution in [0.2, 0.25) is 10.0 Å². The van der Waals surface area contributed by atoms with Crippen LogP contribution in [0, 0.1) is 0 Å². The number of benzene rings is 1. The molecule has 0 bridgehead atoms. The summed E-state index contributed by atoms with van der Waals surface area (Å²) in [6, 6.07) is 9.22. The topological polar surface area (TPSA) is 69.7 Å². The molecule has 0 atom stereocenters. The molecule has 10 heteroatoms. The molecule has 0 unspecified atom stereocenters. The van der Waals surface area contributed by atoms with Crippen LogP contribution in [0.1, 0.15) is 26.3 Å². The Kier molecular flexibility index (Phi) is 8.03. The maximum atomic E-state index is 12.3. The van der Waals surface area contributed by atoms with E-state index in [0.717, 1.165) is 11.4 Å². The number of hydrogen-bond donors (Lipinski definition) is 2. The SMILES string of the molecule is CC(C)(C)OC(=O)N1CCN(c2ncccc2CNC(=S)Nc2cccc(Cl)c2Cl)CC1. The molecular formula is C22H27Cl2N5O2S. The van der Waals surface area contributed by atoms with E-state index in [4.69, 9.17) is 40.2 Å². The zero-order chi connectivity index (χ0) is 23.3. The predicted molar refractivity (Wildman–Crippen MR) is 134 cm³/mol. The summed E-state index contributed by atoms with van der Waals surface area (Å²) in [6.45, 7) is 8.58. The third-order valence-electron chi connectivity index (χ3n) is 4.74. The van der Waals surface area contributed by atoms with E-state index < -0.39 is 5.60 Å². The molecule has 2 N–H and O–H groups in total. The summed E-state index contributed by atoms with van der Waals surface area (Å²) < 4.78 is 5.48. The van der Waals surface area contributed by atoms with Crippen molar-refractivity contribution in [2.24, 2.45) is 0 Å². The third kappa shape index (κ3) is 6.60. The van der Waals surface area contributed by atoms with Gasteiger partial charge in [0.2, 0.25) is 0 Å². The average Bonchev–Trinajstić information content (AvgIpc) is 2.75. The molecule has 7 nitrogen and oxygen atoms in total. The molecule has 1 aliphatic rings. The van der Waals surface area contributed by atoms with E-state index in [1.165, 1.54) is 0 Å². The molecule has 0 radical (unpaired) electrons. The average molecular weight is 496 g/mol. The molecule has 2 heterocycles. The molecule has 1 amide bonds. The van der Waals surface area contributed by atoms with Crippen LogP contribution >= 0.6 is 35.4 Å². The number of thiocarbonyl (C=S) groups is 1. The first-order valence-electron chi connectivity index (χ1n) is 10.3. The maximum absolute atomic E-state index is 12.3. The smallest absolute Gasteiger partial charge is 0.410 e. The van der Waals surface area contributed by atoms with Crippen molar-refractivity contribution < 1.29 is 9.53 Å². The number of rotatable bonds is 4. The number of halogens is 2. The Morgan fingerprint density at radius 1 is 1.16 bits per heavy atom. The Bertz CT molecular complexity index is 975. The second-order valence-corrected chi connectivity index (χ2v) is 9.54. The fourth-order valence-corrected chi connectivity index (χ4v) is 3.75. The van der Waals surface area contributed by atoms with Crippen LogP contribution < -0.4 is 15.5 Å². The lowest BCUT2D eigenvalue weighted by molar-refractivity contribution is 0.0240. The van der Waals surface area contributed by atoms with Crippen molar-refractivity contribution in [1.82, 2.24) is 15.2 Å². The van der Waals surface area contributed by atoms with Gasteiger partial charge in [-0.3, -0.25) is 0 Å². The summed E-state index contributed by atoms with van der Waals surface area (Å²) in [7, 11) is 0. The van der Waals surface area contributed by atoms with Crippen LogP contribution in [0.5, 0.6) is 0 Å². The zero-order valence-corrected chi connectivity index (χ0v) is 20.7. The standard InChI is InChI=1S/C22H27Cl2N5O2S/c1-22(2,3)31-21(30)29-12-10-28(11-13-29)19-15(6-5-9-25-19)14-26-20(32)27-17-8-4-7-16(23)18(17)24/h4-9H,10-14H2,1-3H3,(H2,26,27,32). The second-order valence-electron chi connectivity index (χ2n) is 8.35. The van der Waals surface area contributed by atoms with Crippen molar-refractivity contribution in [2.45, 2.75) is 32.9 Å². The van der Waals surface area contributed by atoms with Crippen molar-refractivity contribution in [2.75, 3.05) is 36.4 Å². The fourth-order valence-electron chi connectivity index (χ4n) is 3.22. The highest BCUT2D eigenvalue weighted by Gasteiger charge is 2.27. The summed E-state index contributed by atoms with van der Waals surface area (Å²) in [6.07, 6.45) is 1.48. The molecule has 3 rings (SSSR count). The summed E-state index contributed by atoms with van der Waals surface area (Å²) in [5.41, 5.74) is 1.14. The van der Waals surface area contributed by atoms with Gasteiger partial charge in [0, 0.05) is 44.5 Å². The molecule has 1 aromatic carbocycles. The van der Waals surface area contributed by atoms with Crippen LogP contribution in [0.4, 0.5) is 16.3 Å². The number of piperazine rings is 1. The number of ether oxygens (including phenoxy) is 1. The molecule has 1 saturated heterocycles. The maximum Gasteiger partial charge on any atom is 0.410 e. The number of pyridine rings is 1. The van der Waals surface area contributed by atoms with E-state index in [1.807, 2.05) is 39.0 Å². The summed E-state index contributed by atoms with van der Waals surface area (Å²) in [5.74, 6) is 0.868. The number of aromatic nitrogens is 1. The van der Waals surface area contributed by atoms with Crippen LogP contribution in [0.25, 0.3) is 0 Å². The predicted octanol–water partition coefficient (Wildman–Crippen LogP) is 4.93. The number of anilines is 2. The number of carbonyl (C=O) groups is 1. The fraction of sp³-hybridized carbons (Fsp3) is 0.409. The van der Waals surface area contributed by atoms with Gasteiger partial charge in [0.25, 0.3) is 0 Å². The van der Waals surface area contributed by atoms with Gasteiger partial charge in [-0.1, -0.05) is 35.3 Å². The van der Waals surface area contributed by atoms with E-state index >= 15 is 0 Å². The molecule has 0 aliphatic carbocycles. The molecule has 2 aromatic rings. The number of hydrogen-bond acceptors (Lipinski definition) is 5. The third-order valence-corrected chi connectivity index (χ3v) is 5.80. The van der Waals surface area contributed by atoms with E-state index in [1.54, 1.807) is 23.2 Å². The van der Waals surface area contributed by atoms with Gasteiger partial charge in [0.15, 0.2) is 5.11 Å². The molecule has 32 heavy (non-hydrogen) atoms. The first-order valence-corrected chi connectivity index (χ1v) is 11.5. The highest BCUT2D eigenvalue weighted by molar-refractivity contribution is 7.80. The van der Waals surface area contributed by atoms with Crippen molar-refractivity contribution >= 4 is 58.1 Å². The van der Waals surface area contributed by atoms with Gasteiger partial charge < -0.3 is 25.2 Å². The van der Waals surface area contributed by atoms with Crippen LogP contribution in [-0.2, 0) is 11.3 Å². The Labute approximate surface area is 204 Å². The van der Waals surface area contributed by atoms with Crippen LogP contribution in [0.3, 0.4) is 0 Å². The van der Waals surface area contributed by atoms with Crippen molar-refractivity contribution in [3.05, 3.63) is 52.1 Å². The van der Waals surface area contributed by atoms with Gasteiger partial charge in [-0.2, -0.15) is 0 Å². The minimum Gasteiger partial charge on any atom is -0.444 e. The first kappa shape index (κ1) is 24.4. The molecule has 1 aliphatic heterocycles. The van der Waals surface area contributed by atoms with E-state index in [2.05, 4.69) is 20.5 Å². The Morgan fingerprint density at radius 2 is 1.88 bits per heavy atom. The van der Waals surface area contributed by atoms with Gasteiger partial charge in [-0.25, -0.2) is 9.78 Å². The Balaban J connectivity index is 1.58. The first-order chi connectivity index (χ1) is 15.1. The minimum atomic E-state index is -0.504. The lowest BCUT2D eigenvalue weighted by atomic mass is 10.2. The van der Waals surface area contributed by atoms with Gasteiger partial charge in [0.1, 0.15) is 11.4 Å². The molecule has 1 fully saturated rings. The van der Waals surface area contributed by atoms with Crippen molar-refractivity contribution in [3.63, 3.8) is 0 Å². The quantitative estimate of drug-likeness (QED) is 0.582. The van der Waals surface area contributed by atoms with Gasteiger partial charge in [-0.05, 0) is 51.2 Å². The molecule has 0 saturated carbocycles. The highest BCUT2D eigenvalue weighted by atomic mass is 35.5. The van der Waals surface area contributed by atoms with Crippen LogP contribution in [0.15, 0.2) is 36.5 Å². The molecular weight excluding hydrogens is 469 g/mol. The number of nitrogens with zero attached hydrogens (tertiary/aromatic N) is 3. The summed E-state index contributed by atoms with van der Waals surface area (Å²) >= 11 is 17.7. The largest absolute Gasteiger partial charge is 0.444 e. The monoisotopic (exact) mass is 495 g/mol. The van der Waals surface area contributed by atoms with E-state index in [9.17, 15) is 4.79 Å². The number of nitrogens with one attached hydrogen (secondary N) is 2. The van der Waals surface area contributed by atoms with Crippen LogP contribution in [-0.4, -0.2) is 52.9 Å². The van der Waals surface area contributed by atoms with Gasteiger partial charge in [-0.15, -0.1) is 0 Å². The number of amides is 1. The van der Waals surface area contributed by atoms with Crippen molar-refractivity contribution in [3.8, 4) is 0 Å². The lowest BCUT2D eigenvalue weighted by Crippen LogP contribution is -2.50. The van der Waals surface area contributed by atoms with Gasteiger partial charge >= 0.3 is 6.09 Å². The molecule has 0 spiro atoms. The lowest BCUT2D eigenvalue weighted by Gasteiger charge is -2.36. The second kappa shape index (κ2) is 10.6. The van der Waals surface area contributed by atoms with E-state index in [-0.39, 0.29) is 6.09 Å². The summed E-state index contributed by atoms with van der Waals surface area (Å²) in [5, 5.41) is 7.57. The van der Waals surface area contributed by atoms with Gasteiger partial charge in [0.05, 0.1) is 15.7 Å². The van der Waals surface area contributed by atoms with E-state index in [0.29, 0.717) is 53.6 Å². The molecule has 172 valence electrons. The highest BCUT2D eigenvalue weighted by Crippen LogP contribution is 2.29. The Morgan fingerprint density at radius 3 is 2.56 bits per heavy atom. The normalized spacial score (nSPS) is 14.2. The zero-order valence-electron chi connectivity index (χ0n) is 18.3. The van der Waals surface area contributed by atoms with Crippen molar-refractivity contribution in [1.29, 1.82) is 0 Å². The Hall–Kier alpha value is -2.29. The molecule has 1 aromatic heterocycles. The summed E-state index contributed by atoms with van der Waals surface area (Å²) in [4.78, 5) is 20.8. The number of carbonyl (C=O) groups excluding carboxylic acids is 1. The minimum absolute atomic E-state index is 0.281.